The van der Waals surface area contributed by atoms with Gasteiger partial charge in [-0.2, -0.15) is 8.42 Å². The van der Waals surface area contributed by atoms with Gasteiger partial charge in [-0.15, -0.1) is 0 Å². The van der Waals surface area contributed by atoms with Crippen molar-refractivity contribution in [3.05, 3.63) is 53.3 Å². The van der Waals surface area contributed by atoms with Crippen molar-refractivity contribution < 1.29 is 31.6 Å². The number of ether oxygens (including phenoxy) is 1. The van der Waals surface area contributed by atoms with Crippen LogP contribution >= 0.6 is 0 Å². The summed E-state index contributed by atoms with van der Waals surface area (Å²) in [7, 11) is -3.05. The molecule has 0 atom stereocenters. The molecule has 128 valence electrons. The van der Waals surface area contributed by atoms with E-state index in [2.05, 4.69) is 0 Å². The lowest BCUT2D eigenvalue weighted by Crippen LogP contribution is -2.13. The molecule has 0 spiro atoms. The number of benzene rings is 2. The van der Waals surface area contributed by atoms with Crippen molar-refractivity contribution in [1.82, 2.24) is 0 Å². The molecule has 2 aromatic carbocycles. The van der Waals surface area contributed by atoms with Gasteiger partial charge < -0.3 is 18.8 Å². The van der Waals surface area contributed by atoms with Gasteiger partial charge in [0.05, 0.1) is 13.7 Å². The van der Waals surface area contributed by atoms with E-state index in [1.165, 1.54) is 31.4 Å². The normalized spacial score (nSPS) is 11.1. The van der Waals surface area contributed by atoms with Gasteiger partial charge in [-0.3, -0.25) is 0 Å². The van der Waals surface area contributed by atoms with Crippen LogP contribution in [0.3, 0.4) is 0 Å². The quantitative estimate of drug-likeness (QED) is 0.603. The second-order valence-corrected chi connectivity index (χ2v) is 6.30. The molecule has 0 aliphatic carbocycles. The van der Waals surface area contributed by atoms with Crippen molar-refractivity contribution >= 4 is 16.4 Å². The molecule has 6 nitrogen and oxygen atoms in total. The van der Waals surface area contributed by atoms with Crippen LogP contribution in [0, 0.1) is 5.82 Å². The number of aldehydes is 1. The minimum Gasteiger partial charge on any atom is -0.493 e. The van der Waals surface area contributed by atoms with Crippen LogP contribution in [0.4, 0.5) is 4.39 Å². The molecule has 1 N–H and O–H groups in total. The molecule has 0 amide bonds. The Balaban J connectivity index is 2.54. The summed E-state index contributed by atoms with van der Waals surface area (Å²) in [6.45, 7) is -0.561. The fraction of sp³-hybridized carbons (Fsp3) is 0.188. The molecule has 0 fully saturated rings. The first-order valence-corrected chi connectivity index (χ1v) is 8.27. The minimum atomic E-state index is -4.35. The number of rotatable bonds is 7. The molecule has 8 heteroatoms. The summed E-state index contributed by atoms with van der Waals surface area (Å²) >= 11 is 0. The highest BCUT2D eigenvalue weighted by Crippen LogP contribution is 2.36. The molecule has 24 heavy (non-hydrogen) atoms. The Kier molecular flexibility index (Phi) is 5.53. The Morgan fingerprint density at radius 3 is 2.58 bits per heavy atom. The first kappa shape index (κ1) is 17.9. The Morgan fingerprint density at radius 2 is 2.00 bits per heavy atom. The van der Waals surface area contributed by atoms with Gasteiger partial charge in [0.25, 0.3) is 0 Å². The van der Waals surface area contributed by atoms with Crippen LogP contribution in [0.5, 0.6) is 11.5 Å². The van der Waals surface area contributed by atoms with E-state index in [9.17, 15) is 22.7 Å². The maximum absolute atomic E-state index is 13.3. The summed E-state index contributed by atoms with van der Waals surface area (Å²) in [4.78, 5) is 10.4. The third-order valence-electron chi connectivity index (χ3n) is 3.28. The summed E-state index contributed by atoms with van der Waals surface area (Å²) in [5, 5.41) is 9.55. The molecule has 2 rings (SSSR count). The SMILES string of the molecule is COc1ccc(CC=O)c(CO)c1OS(=O)(=O)c1cccc(F)c1. The molecule has 0 aliphatic heterocycles. The average Bonchev–Trinajstić information content (AvgIpc) is 2.55. The Hall–Kier alpha value is -2.45. The van der Waals surface area contributed by atoms with Crippen molar-refractivity contribution in [2.24, 2.45) is 0 Å². The zero-order chi connectivity index (χ0) is 17.7. The number of carbonyl (C=O) groups is 1. The second-order valence-electron chi connectivity index (χ2n) is 4.76. The second kappa shape index (κ2) is 7.41. The maximum Gasteiger partial charge on any atom is 0.339 e. The lowest BCUT2D eigenvalue weighted by atomic mass is 10.0. The summed E-state index contributed by atoms with van der Waals surface area (Å²) in [6, 6.07) is 7.28. The lowest BCUT2D eigenvalue weighted by Gasteiger charge is -2.16. The molecule has 0 aliphatic rings. The highest BCUT2D eigenvalue weighted by atomic mass is 32.2. The van der Waals surface area contributed by atoms with Crippen LogP contribution in [0.1, 0.15) is 11.1 Å². The molecule has 0 saturated carbocycles. The number of hydrogen-bond acceptors (Lipinski definition) is 6. The van der Waals surface area contributed by atoms with Crippen molar-refractivity contribution in [2.75, 3.05) is 7.11 Å². The summed E-state index contributed by atoms with van der Waals surface area (Å²) in [6.07, 6.45) is 0.585. The molecule has 0 bridgehead atoms. The molecule has 0 aromatic heterocycles. The van der Waals surface area contributed by atoms with E-state index in [1.807, 2.05) is 0 Å². The monoisotopic (exact) mass is 354 g/mol. The topological polar surface area (TPSA) is 89.9 Å². The third kappa shape index (κ3) is 3.72. The van der Waals surface area contributed by atoms with Crippen molar-refractivity contribution in [3.8, 4) is 11.5 Å². The standard InChI is InChI=1S/C16H15FO6S/c1-22-15-6-5-11(7-8-18)14(10-19)16(15)23-24(20,21)13-4-2-3-12(17)9-13/h2-6,8-9,19H,7,10H2,1H3. The highest BCUT2D eigenvalue weighted by Gasteiger charge is 2.23. The zero-order valence-electron chi connectivity index (χ0n) is 12.7. The van der Waals surface area contributed by atoms with Crippen LogP contribution in [-0.4, -0.2) is 26.9 Å². The van der Waals surface area contributed by atoms with Crippen molar-refractivity contribution in [2.45, 2.75) is 17.9 Å². The van der Waals surface area contributed by atoms with Crippen LogP contribution in [-0.2, 0) is 27.9 Å². The summed E-state index contributed by atoms with van der Waals surface area (Å²) in [5.41, 5.74) is 0.513. The maximum atomic E-state index is 13.3. The van der Waals surface area contributed by atoms with E-state index in [0.29, 0.717) is 11.8 Å². The van der Waals surface area contributed by atoms with E-state index in [0.717, 1.165) is 12.1 Å². The Morgan fingerprint density at radius 1 is 1.25 bits per heavy atom. The van der Waals surface area contributed by atoms with Crippen LogP contribution in [0.2, 0.25) is 0 Å². The van der Waals surface area contributed by atoms with E-state index in [-0.39, 0.29) is 28.4 Å². The van der Waals surface area contributed by atoms with Crippen molar-refractivity contribution in [1.29, 1.82) is 0 Å². The van der Waals surface area contributed by atoms with Crippen molar-refractivity contribution in [3.63, 3.8) is 0 Å². The predicted molar refractivity (Wildman–Crippen MR) is 82.9 cm³/mol. The van der Waals surface area contributed by atoms with Gasteiger partial charge in [-0.1, -0.05) is 12.1 Å². The Bertz CT molecular complexity index is 848. The summed E-state index contributed by atoms with van der Waals surface area (Å²) < 4.78 is 48.1. The van der Waals surface area contributed by atoms with Gasteiger partial charge >= 0.3 is 10.1 Å². The predicted octanol–water partition coefficient (Wildman–Crippen LogP) is 1.84. The third-order valence-corrected chi connectivity index (χ3v) is 4.50. The molecule has 0 saturated heterocycles. The lowest BCUT2D eigenvalue weighted by molar-refractivity contribution is -0.107. The van der Waals surface area contributed by atoms with Crippen LogP contribution in [0.15, 0.2) is 41.3 Å². The van der Waals surface area contributed by atoms with E-state index in [4.69, 9.17) is 8.92 Å². The zero-order valence-corrected chi connectivity index (χ0v) is 13.5. The first-order valence-electron chi connectivity index (χ1n) is 6.86. The van der Waals surface area contributed by atoms with Gasteiger partial charge in [-0.05, 0) is 29.8 Å². The van der Waals surface area contributed by atoms with E-state index < -0.39 is 22.5 Å². The number of methoxy groups -OCH3 is 1. The van der Waals surface area contributed by atoms with Gasteiger partial charge in [-0.25, -0.2) is 4.39 Å². The fourth-order valence-corrected chi connectivity index (χ4v) is 3.13. The smallest absolute Gasteiger partial charge is 0.339 e. The van der Waals surface area contributed by atoms with Gasteiger partial charge in [0.15, 0.2) is 11.5 Å². The first-order chi connectivity index (χ1) is 11.4. The molecule has 0 radical (unpaired) electrons. The van der Waals surface area contributed by atoms with Gasteiger partial charge in [0, 0.05) is 12.0 Å². The molecule has 0 unspecified atom stereocenters. The van der Waals surface area contributed by atoms with E-state index >= 15 is 0 Å². The average molecular weight is 354 g/mol. The molecule has 0 heterocycles. The van der Waals surface area contributed by atoms with Gasteiger partial charge in [0.1, 0.15) is 17.0 Å². The number of hydrogen-bond donors (Lipinski definition) is 1. The minimum absolute atomic E-state index is 0.0315. The highest BCUT2D eigenvalue weighted by molar-refractivity contribution is 7.87. The molecular weight excluding hydrogens is 339 g/mol. The van der Waals surface area contributed by atoms with E-state index in [1.54, 1.807) is 0 Å². The van der Waals surface area contributed by atoms with Crippen LogP contribution in [0.25, 0.3) is 0 Å². The van der Waals surface area contributed by atoms with Gasteiger partial charge in [0.2, 0.25) is 0 Å². The number of aliphatic hydroxyl groups excluding tert-OH is 1. The molecular formula is C16H15FO6S. The molecule has 2 aromatic rings. The number of carbonyl (C=O) groups excluding carboxylic acids is 1. The Labute approximate surface area is 138 Å². The largest absolute Gasteiger partial charge is 0.493 e. The summed E-state index contributed by atoms with van der Waals surface area (Å²) in [5.74, 6) is -0.902. The van der Waals surface area contributed by atoms with Crippen LogP contribution < -0.4 is 8.92 Å². The fourth-order valence-electron chi connectivity index (χ4n) is 2.13. The number of halogens is 1. The number of aliphatic hydroxyl groups is 1.